The number of pyridine rings is 1. The van der Waals surface area contributed by atoms with Gasteiger partial charge in [-0.05, 0) is 50.8 Å². The number of nitrogens with zero attached hydrogens (tertiary/aromatic N) is 4. The molecule has 0 saturated heterocycles. The van der Waals surface area contributed by atoms with Gasteiger partial charge in [-0.25, -0.2) is 0 Å². The van der Waals surface area contributed by atoms with Gasteiger partial charge in [0.05, 0.1) is 39.3 Å². The van der Waals surface area contributed by atoms with Crippen molar-refractivity contribution in [3.05, 3.63) is 52.4 Å². The van der Waals surface area contributed by atoms with Crippen LogP contribution in [0.2, 0.25) is 5.02 Å². The van der Waals surface area contributed by atoms with Crippen LogP contribution in [0.15, 0.2) is 36.8 Å². The summed E-state index contributed by atoms with van der Waals surface area (Å²) in [4.78, 5) is 32.8. The van der Waals surface area contributed by atoms with Crippen LogP contribution >= 0.6 is 22.9 Å². The van der Waals surface area contributed by atoms with E-state index >= 15 is 0 Å². The average Bonchev–Trinajstić information content (AvgIpc) is 3.49. The van der Waals surface area contributed by atoms with Gasteiger partial charge in [0.25, 0.3) is 0 Å². The third-order valence-electron chi connectivity index (χ3n) is 6.47. The fourth-order valence-electron chi connectivity index (χ4n) is 4.65. The van der Waals surface area contributed by atoms with E-state index < -0.39 is 6.04 Å². The molecule has 1 aliphatic rings. The van der Waals surface area contributed by atoms with Crippen molar-refractivity contribution in [2.45, 2.75) is 58.0 Å². The van der Waals surface area contributed by atoms with Crippen molar-refractivity contribution in [1.82, 2.24) is 14.8 Å². The SMILES string of the molecule is Cc1ncc(Cl)cc1N[C@@H](C)c1ccc(N(C=O)[C@H](C(=O)Nc2cnn(C)c2)C2CCCCC2)s1. The van der Waals surface area contributed by atoms with Crippen LogP contribution in [0.1, 0.15) is 55.6 Å². The van der Waals surface area contributed by atoms with E-state index in [1.165, 1.54) is 17.8 Å². The monoisotopic (exact) mass is 514 g/mol. The number of hydrogen-bond acceptors (Lipinski definition) is 6. The van der Waals surface area contributed by atoms with E-state index in [2.05, 4.69) is 27.6 Å². The third-order valence-corrected chi connectivity index (χ3v) is 7.96. The maximum Gasteiger partial charge on any atom is 0.247 e. The Morgan fingerprint density at radius 2 is 2.06 bits per heavy atom. The number of carbonyl (C=O) groups excluding carboxylic acids is 2. The summed E-state index contributed by atoms with van der Waals surface area (Å²) < 4.78 is 1.64. The highest BCUT2D eigenvalue weighted by Crippen LogP contribution is 2.37. The predicted molar refractivity (Wildman–Crippen MR) is 141 cm³/mol. The van der Waals surface area contributed by atoms with Crippen LogP contribution in [0.25, 0.3) is 0 Å². The fraction of sp³-hybridized carbons (Fsp3) is 0.440. The number of aromatic nitrogens is 3. The van der Waals surface area contributed by atoms with Crippen LogP contribution in [-0.2, 0) is 16.6 Å². The Bertz CT molecular complexity index is 1170. The predicted octanol–water partition coefficient (Wildman–Crippen LogP) is 5.56. The molecule has 0 unspecified atom stereocenters. The summed E-state index contributed by atoms with van der Waals surface area (Å²) in [5.74, 6) is -0.0781. The molecule has 4 rings (SSSR count). The van der Waals surface area contributed by atoms with Gasteiger partial charge in [-0.15, -0.1) is 11.3 Å². The highest BCUT2D eigenvalue weighted by atomic mass is 35.5. The van der Waals surface area contributed by atoms with Crippen molar-refractivity contribution in [3.8, 4) is 0 Å². The number of anilines is 3. The zero-order chi connectivity index (χ0) is 24.9. The first kappa shape index (κ1) is 25.2. The van der Waals surface area contributed by atoms with Gasteiger partial charge < -0.3 is 10.6 Å². The molecule has 0 aromatic carbocycles. The second kappa shape index (κ2) is 11.2. The molecule has 3 heterocycles. The Morgan fingerprint density at radius 3 is 2.74 bits per heavy atom. The number of halogens is 1. The second-order valence-electron chi connectivity index (χ2n) is 9.08. The minimum atomic E-state index is -0.581. The van der Waals surface area contributed by atoms with Crippen LogP contribution in [0.4, 0.5) is 16.4 Å². The van der Waals surface area contributed by atoms with E-state index in [1.54, 1.807) is 35.2 Å². The molecule has 35 heavy (non-hydrogen) atoms. The lowest BCUT2D eigenvalue weighted by Crippen LogP contribution is -2.48. The number of hydrogen-bond donors (Lipinski definition) is 2. The van der Waals surface area contributed by atoms with Gasteiger partial charge in [0, 0.05) is 24.3 Å². The molecule has 0 spiro atoms. The van der Waals surface area contributed by atoms with Gasteiger partial charge in [0.1, 0.15) is 6.04 Å². The molecule has 2 atom stereocenters. The molecule has 0 bridgehead atoms. The highest BCUT2D eigenvalue weighted by Gasteiger charge is 2.36. The van der Waals surface area contributed by atoms with E-state index in [1.807, 2.05) is 25.1 Å². The van der Waals surface area contributed by atoms with Crippen molar-refractivity contribution in [2.75, 3.05) is 15.5 Å². The third kappa shape index (κ3) is 6.02. The van der Waals surface area contributed by atoms with Gasteiger partial charge >= 0.3 is 0 Å². The van der Waals surface area contributed by atoms with E-state index in [-0.39, 0.29) is 17.9 Å². The Labute approximate surface area is 214 Å². The van der Waals surface area contributed by atoms with Gasteiger partial charge in [-0.1, -0.05) is 30.9 Å². The topological polar surface area (TPSA) is 92.2 Å². The highest BCUT2D eigenvalue weighted by molar-refractivity contribution is 7.16. The molecule has 1 saturated carbocycles. The van der Waals surface area contributed by atoms with Crippen LogP contribution in [0.3, 0.4) is 0 Å². The van der Waals surface area contributed by atoms with Gasteiger partial charge in [-0.2, -0.15) is 5.10 Å². The number of thiophene rings is 1. The summed E-state index contributed by atoms with van der Waals surface area (Å²) >= 11 is 7.63. The number of carbonyl (C=O) groups is 2. The normalized spacial score (nSPS) is 15.9. The summed E-state index contributed by atoms with van der Waals surface area (Å²) in [6, 6.07) is 5.16. The Hall–Kier alpha value is -2.91. The molecule has 3 aromatic heterocycles. The van der Waals surface area contributed by atoms with Crippen molar-refractivity contribution < 1.29 is 9.59 Å². The lowest BCUT2D eigenvalue weighted by molar-refractivity contribution is -0.121. The molecule has 2 N–H and O–H groups in total. The zero-order valence-electron chi connectivity index (χ0n) is 20.2. The summed E-state index contributed by atoms with van der Waals surface area (Å²) in [6.45, 7) is 3.98. The molecule has 2 amide bonds. The average molecular weight is 515 g/mol. The standard InChI is InChI=1S/C25H31ClN6O2S/c1-16-21(11-19(26)12-27-16)29-17(2)22-9-10-23(35-22)32(15-33)24(18-7-5-4-6-8-18)25(34)30-20-13-28-31(3)14-20/h9-15,17-18,24,29H,4-8H2,1-3H3,(H,30,34)/t17-,24-/m0/s1. The first-order valence-electron chi connectivity index (χ1n) is 11.9. The van der Waals surface area contributed by atoms with Gasteiger partial charge in [-0.3, -0.25) is 24.2 Å². The summed E-state index contributed by atoms with van der Waals surface area (Å²) in [6.07, 6.45) is 10.9. The van der Waals surface area contributed by atoms with Gasteiger partial charge in [0.15, 0.2) is 0 Å². The Kier molecular flexibility index (Phi) is 8.07. The summed E-state index contributed by atoms with van der Waals surface area (Å²) in [5.41, 5.74) is 2.35. The molecule has 0 aliphatic heterocycles. The van der Waals surface area contributed by atoms with Crippen molar-refractivity contribution >= 4 is 51.6 Å². The van der Waals surface area contributed by atoms with Crippen molar-refractivity contribution in [1.29, 1.82) is 0 Å². The molecule has 0 radical (unpaired) electrons. The van der Waals surface area contributed by atoms with E-state index in [9.17, 15) is 9.59 Å². The van der Waals surface area contributed by atoms with Crippen molar-refractivity contribution in [3.63, 3.8) is 0 Å². The molecular weight excluding hydrogens is 484 g/mol. The maximum atomic E-state index is 13.5. The first-order valence-corrected chi connectivity index (χ1v) is 13.1. The molecule has 8 nitrogen and oxygen atoms in total. The molecule has 1 aliphatic carbocycles. The van der Waals surface area contributed by atoms with Crippen LogP contribution < -0.4 is 15.5 Å². The Balaban J connectivity index is 1.56. The molecular formula is C25H31ClN6O2S. The number of amides is 2. The largest absolute Gasteiger partial charge is 0.376 e. The number of nitrogens with one attached hydrogen (secondary N) is 2. The second-order valence-corrected chi connectivity index (χ2v) is 10.6. The first-order chi connectivity index (χ1) is 16.9. The lowest BCUT2D eigenvalue weighted by Gasteiger charge is -2.35. The quantitative estimate of drug-likeness (QED) is 0.364. The lowest BCUT2D eigenvalue weighted by atomic mass is 9.83. The summed E-state index contributed by atoms with van der Waals surface area (Å²) in [7, 11) is 1.80. The summed E-state index contributed by atoms with van der Waals surface area (Å²) in [5, 5.41) is 11.9. The van der Waals surface area contributed by atoms with Crippen LogP contribution in [0, 0.1) is 12.8 Å². The minimum absolute atomic E-state index is 0.0291. The molecule has 10 heteroatoms. The maximum absolute atomic E-state index is 13.5. The van der Waals surface area contributed by atoms with Crippen LogP contribution in [-0.4, -0.2) is 33.1 Å². The van der Waals surface area contributed by atoms with E-state index in [0.29, 0.717) is 10.7 Å². The smallest absolute Gasteiger partial charge is 0.247 e. The number of aryl methyl sites for hydroxylation is 2. The molecule has 1 fully saturated rings. The minimum Gasteiger partial charge on any atom is -0.376 e. The number of rotatable bonds is 9. The zero-order valence-corrected chi connectivity index (χ0v) is 21.8. The molecule has 186 valence electrons. The molecule has 3 aromatic rings. The van der Waals surface area contributed by atoms with E-state index in [0.717, 1.165) is 53.4 Å². The van der Waals surface area contributed by atoms with E-state index in [4.69, 9.17) is 11.6 Å². The van der Waals surface area contributed by atoms with Crippen molar-refractivity contribution in [2.24, 2.45) is 13.0 Å². The fourth-order valence-corrected chi connectivity index (χ4v) is 5.82. The Morgan fingerprint density at radius 1 is 1.29 bits per heavy atom. The van der Waals surface area contributed by atoms with Gasteiger partial charge in [0.2, 0.25) is 12.3 Å². The van der Waals surface area contributed by atoms with Crippen LogP contribution in [0.5, 0.6) is 0 Å².